The van der Waals surface area contributed by atoms with E-state index in [2.05, 4.69) is 9.84 Å². The molecule has 1 aromatic carbocycles. The summed E-state index contributed by atoms with van der Waals surface area (Å²) in [7, 11) is 1.27. The van der Waals surface area contributed by atoms with E-state index in [0.717, 1.165) is 5.56 Å². The summed E-state index contributed by atoms with van der Waals surface area (Å²) < 4.78 is 6.05. The minimum absolute atomic E-state index is 0.192. The van der Waals surface area contributed by atoms with Crippen LogP contribution in [0, 0.1) is 0 Å². The fraction of sp³-hybridized carbons (Fsp3) is 0.167. The van der Waals surface area contributed by atoms with Crippen LogP contribution in [0.15, 0.2) is 35.1 Å². The molecule has 1 N–H and O–H groups in total. The summed E-state index contributed by atoms with van der Waals surface area (Å²) in [5.74, 6) is -0.553. The van der Waals surface area contributed by atoms with Gasteiger partial charge in [-0.15, -0.1) is 0 Å². The summed E-state index contributed by atoms with van der Waals surface area (Å²) in [6.07, 6.45) is 0. The minimum atomic E-state index is -0.553. The molecule has 18 heavy (non-hydrogen) atoms. The number of methoxy groups -OCH3 is 1. The Hall–Kier alpha value is -2.01. The van der Waals surface area contributed by atoms with Gasteiger partial charge in [0.15, 0.2) is 0 Å². The second-order valence-electron chi connectivity index (χ2n) is 3.71. The number of hydrogen-bond donors (Lipinski definition) is 1. The van der Waals surface area contributed by atoms with Gasteiger partial charge in [-0.2, -0.15) is 0 Å². The second kappa shape index (κ2) is 5.10. The number of aromatic nitrogens is 2. The Morgan fingerprint density at radius 2 is 2.06 bits per heavy atom. The van der Waals surface area contributed by atoms with Gasteiger partial charge in [-0.05, 0) is 17.7 Å². The molecule has 1 heterocycles. The maximum Gasteiger partial charge on any atom is 0.356 e. The van der Waals surface area contributed by atoms with Gasteiger partial charge in [0.25, 0.3) is 5.56 Å². The number of carbonyl (C=O) groups excluding carboxylic acids is 1. The van der Waals surface area contributed by atoms with E-state index in [-0.39, 0.29) is 11.3 Å². The second-order valence-corrected chi connectivity index (χ2v) is 4.15. The number of nitrogens with one attached hydrogen (secondary N) is 1. The molecule has 0 aliphatic heterocycles. The molecule has 94 valence electrons. The summed E-state index contributed by atoms with van der Waals surface area (Å²) >= 11 is 5.78. The number of hydrogen-bond acceptors (Lipinski definition) is 3. The average Bonchev–Trinajstić information content (AvgIpc) is 2.72. The predicted octanol–water partition coefficient (Wildman–Crippen LogP) is 1.66. The van der Waals surface area contributed by atoms with Crippen molar-refractivity contribution < 1.29 is 9.53 Å². The molecule has 0 saturated heterocycles. The van der Waals surface area contributed by atoms with E-state index in [4.69, 9.17) is 11.6 Å². The minimum Gasteiger partial charge on any atom is -0.464 e. The molecule has 0 atom stereocenters. The van der Waals surface area contributed by atoms with Crippen molar-refractivity contribution >= 4 is 17.6 Å². The normalized spacial score (nSPS) is 10.3. The molecule has 0 unspecified atom stereocenters. The number of carbonyl (C=O) groups is 1. The smallest absolute Gasteiger partial charge is 0.356 e. The van der Waals surface area contributed by atoms with Crippen molar-refractivity contribution in [2.45, 2.75) is 6.54 Å². The molecule has 0 aliphatic rings. The number of rotatable bonds is 3. The van der Waals surface area contributed by atoms with Gasteiger partial charge in [0.2, 0.25) is 0 Å². The van der Waals surface area contributed by atoms with Gasteiger partial charge in [0, 0.05) is 11.1 Å². The summed E-state index contributed by atoms with van der Waals surface area (Å²) in [4.78, 5) is 22.7. The third kappa shape index (κ3) is 2.62. The third-order valence-corrected chi connectivity index (χ3v) is 2.70. The van der Waals surface area contributed by atoms with Crippen LogP contribution in [0.4, 0.5) is 0 Å². The maximum atomic E-state index is 11.5. The topological polar surface area (TPSA) is 64.1 Å². The standard InChI is InChI=1S/C12H11ClN2O3/c1-18-12(17)10-6-11(16)14-15(10)7-8-2-4-9(13)5-3-8/h2-6H,7H2,1H3,(H,14,16). The Bertz CT molecular complexity index is 613. The highest BCUT2D eigenvalue weighted by atomic mass is 35.5. The highest BCUT2D eigenvalue weighted by molar-refractivity contribution is 6.30. The first-order chi connectivity index (χ1) is 8.60. The molecule has 2 rings (SSSR count). The summed E-state index contributed by atoms with van der Waals surface area (Å²) in [6, 6.07) is 8.35. The van der Waals surface area contributed by atoms with Crippen LogP contribution in [-0.4, -0.2) is 22.9 Å². The van der Waals surface area contributed by atoms with Gasteiger partial charge in [-0.3, -0.25) is 14.6 Å². The van der Waals surface area contributed by atoms with E-state index >= 15 is 0 Å². The van der Waals surface area contributed by atoms with Gasteiger partial charge < -0.3 is 4.74 Å². The van der Waals surface area contributed by atoms with Gasteiger partial charge in [-0.1, -0.05) is 23.7 Å². The van der Waals surface area contributed by atoms with Crippen LogP contribution >= 0.6 is 11.6 Å². The van der Waals surface area contributed by atoms with Gasteiger partial charge in [0.05, 0.1) is 13.7 Å². The molecule has 6 heteroatoms. The maximum absolute atomic E-state index is 11.5. The van der Waals surface area contributed by atoms with Crippen molar-refractivity contribution in [2.24, 2.45) is 0 Å². The molecule has 0 saturated carbocycles. The number of H-pyrrole nitrogens is 1. The summed E-state index contributed by atoms with van der Waals surface area (Å²) in [6.45, 7) is 0.365. The molecule has 5 nitrogen and oxygen atoms in total. The van der Waals surface area contributed by atoms with Crippen LogP contribution in [0.2, 0.25) is 5.02 Å². The fourth-order valence-electron chi connectivity index (χ4n) is 1.60. The lowest BCUT2D eigenvalue weighted by Gasteiger charge is -2.07. The van der Waals surface area contributed by atoms with Crippen LogP contribution in [0.1, 0.15) is 16.1 Å². The Morgan fingerprint density at radius 3 is 2.67 bits per heavy atom. The highest BCUT2D eigenvalue weighted by Crippen LogP contribution is 2.11. The van der Waals surface area contributed by atoms with Crippen LogP contribution in [0.25, 0.3) is 0 Å². The van der Waals surface area contributed by atoms with Crippen LogP contribution in [-0.2, 0) is 11.3 Å². The Morgan fingerprint density at radius 1 is 1.39 bits per heavy atom. The number of benzene rings is 1. The predicted molar refractivity (Wildman–Crippen MR) is 66.9 cm³/mol. The number of nitrogens with zero attached hydrogens (tertiary/aromatic N) is 1. The van der Waals surface area contributed by atoms with Crippen molar-refractivity contribution in [3.63, 3.8) is 0 Å². The van der Waals surface area contributed by atoms with Crippen LogP contribution in [0.5, 0.6) is 0 Å². The largest absolute Gasteiger partial charge is 0.464 e. The lowest BCUT2D eigenvalue weighted by molar-refractivity contribution is 0.0587. The number of esters is 1. The van der Waals surface area contributed by atoms with Crippen molar-refractivity contribution in [3.8, 4) is 0 Å². The zero-order chi connectivity index (χ0) is 13.1. The summed E-state index contributed by atoms with van der Waals surface area (Å²) in [5, 5.41) is 3.18. The molecular weight excluding hydrogens is 256 g/mol. The Kier molecular flexibility index (Phi) is 3.53. The first-order valence-corrected chi connectivity index (χ1v) is 5.60. The zero-order valence-corrected chi connectivity index (χ0v) is 10.4. The monoisotopic (exact) mass is 266 g/mol. The number of ether oxygens (including phenoxy) is 1. The molecule has 0 fully saturated rings. The molecule has 2 aromatic rings. The van der Waals surface area contributed by atoms with E-state index in [9.17, 15) is 9.59 Å². The van der Waals surface area contributed by atoms with Crippen LogP contribution in [0.3, 0.4) is 0 Å². The lowest BCUT2D eigenvalue weighted by Crippen LogP contribution is -2.13. The van der Waals surface area contributed by atoms with Gasteiger partial charge in [0.1, 0.15) is 5.69 Å². The number of halogens is 1. The molecular formula is C12H11ClN2O3. The highest BCUT2D eigenvalue weighted by Gasteiger charge is 2.13. The molecule has 0 radical (unpaired) electrons. The molecule has 0 spiro atoms. The van der Waals surface area contributed by atoms with Crippen LogP contribution < -0.4 is 5.56 Å². The quantitative estimate of drug-likeness (QED) is 0.860. The Labute approximate surface area is 108 Å². The summed E-state index contributed by atoms with van der Waals surface area (Å²) in [5.41, 5.74) is 0.762. The van der Waals surface area contributed by atoms with Crippen molar-refractivity contribution in [1.29, 1.82) is 0 Å². The Balaban J connectivity index is 2.31. The molecule has 0 aliphatic carbocycles. The lowest BCUT2D eigenvalue weighted by atomic mass is 10.2. The van der Waals surface area contributed by atoms with Gasteiger partial charge in [-0.25, -0.2) is 4.79 Å². The van der Waals surface area contributed by atoms with Crippen molar-refractivity contribution in [3.05, 3.63) is 57.0 Å². The average molecular weight is 267 g/mol. The van der Waals surface area contributed by atoms with E-state index in [1.165, 1.54) is 17.9 Å². The van der Waals surface area contributed by atoms with E-state index in [1.54, 1.807) is 12.1 Å². The SMILES string of the molecule is COC(=O)c1cc(=O)[nH]n1Cc1ccc(Cl)cc1. The zero-order valence-electron chi connectivity index (χ0n) is 9.64. The van der Waals surface area contributed by atoms with Crippen molar-refractivity contribution in [1.82, 2.24) is 9.78 Å². The molecule has 0 amide bonds. The molecule has 0 bridgehead atoms. The van der Waals surface area contributed by atoms with Gasteiger partial charge >= 0.3 is 5.97 Å². The van der Waals surface area contributed by atoms with E-state index in [1.807, 2.05) is 12.1 Å². The first-order valence-electron chi connectivity index (χ1n) is 5.23. The first kappa shape index (κ1) is 12.4. The van der Waals surface area contributed by atoms with E-state index < -0.39 is 5.97 Å². The van der Waals surface area contributed by atoms with Crippen molar-refractivity contribution in [2.75, 3.05) is 7.11 Å². The third-order valence-electron chi connectivity index (χ3n) is 2.45. The number of aromatic amines is 1. The fourth-order valence-corrected chi connectivity index (χ4v) is 1.72. The molecule has 1 aromatic heterocycles. The van der Waals surface area contributed by atoms with E-state index in [0.29, 0.717) is 11.6 Å².